The van der Waals surface area contributed by atoms with Gasteiger partial charge in [0.2, 0.25) is 0 Å². The number of thiol groups is 2. The van der Waals surface area contributed by atoms with Crippen molar-refractivity contribution in [3.05, 3.63) is 23.3 Å². The summed E-state index contributed by atoms with van der Waals surface area (Å²) in [6.07, 6.45) is 0. The summed E-state index contributed by atoms with van der Waals surface area (Å²) in [6, 6.07) is 4.48. The minimum atomic E-state index is 0.384. The minimum absolute atomic E-state index is 0.384. The van der Waals surface area contributed by atoms with Crippen LogP contribution in [-0.4, -0.2) is 11.5 Å². The maximum absolute atomic E-state index is 4.65. The molecular formula is C10H10S4. The van der Waals surface area contributed by atoms with Crippen molar-refractivity contribution in [2.45, 2.75) is 20.3 Å². The van der Waals surface area contributed by atoms with Crippen LogP contribution in [0.4, 0.5) is 0 Å². The molecule has 0 amide bonds. The molecule has 2 atom stereocenters. The molecule has 3 aliphatic heterocycles. The van der Waals surface area contributed by atoms with Gasteiger partial charge in [0, 0.05) is 31.8 Å². The van der Waals surface area contributed by atoms with Gasteiger partial charge in [-0.15, -0.1) is 23.5 Å². The highest BCUT2D eigenvalue weighted by atomic mass is 32.2. The van der Waals surface area contributed by atoms with E-state index >= 15 is 0 Å². The Morgan fingerprint density at radius 1 is 1.07 bits per heavy atom. The van der Waals surface area contributed by atoms with Crippen molar-refractivity contribution in [2.24, 2.45) is 0 Å². The van der Waals surface area contributed by atoms with Gasteiger partial charge in [-0.05, 0) is 17.2 Å². The van der Waals surface area contributed by atoms with E-state index in [2.05, 4.69) is 37.4 Å². The first-order valence-corrected chi connectivity index (χ1v) is 7.56. The van der Waals surface area contributed by atoms with Gasteiger partial charge in [0.25, 0.3) is 0 Å². The second-order valence-corrected chi connectivity index (χ2v) is 6.89. The van der Waals surface area contributed by atoms with Crippen molar-refractivity contribution in [3.63, 3.8) is 0 Å². The van der Waals surface area contributed by atoms with E-state index in [-0.39, 0.29) is 0 Å². The zero-order valence-corrected chi connectivity index (χ0v) is 10.9. The zero-order valence-electron chi connectivity index (χ0n) is 7.43. The summed E-state index contributed by atoms with van der Waals surface area (Å²) in [5, 5.41) is 0.799. The first-order chi connectivity index (χ1) is 6.77. The predicted octanol–water partition coefficient (Wildman–Crippen LogP) is 3.84. The Bertz CT molecular complexity index is 388. The van der Waals surface area contributed by atoms with E-state index in [1.807, 2.05) is 23.5 Å². The average molecular weight is 258 g/mol. The topological polar surface area (TPSA) is 0 Å². The molecule has 3 heterocycles. The summed E-state index contributed by atoms with van der Waals surface area (Å²) in [4.78, 5) is 2.91. The number of hydrogen-bond acceptors (Lipinski definition) is 4. The van der Waals surface area contributed by atoms with Crippen molar-refractivity contribution >= 4 is 48.8 Å². The van der Waals surface area contributed by atoms with Gasteiger partial charge in [0.05, 0.1) is 0 Å². The quantitative estimate of drug-likeness (QED) is 0.679. The molecule has 0 nitrogen and oxygen atoms in total. The molecule has 4 heteroatoms. The molecule has 14 heavy (non-hydrogen) atoms. The highest BCUT2D eigenvalue weighted by Gasteiger charge is 2.30. The first-order valence-electron chi connectivity index (χ1n) is 4.56. The highest BCUT2D eigenvalue weighted by Crippen LogP contribution is 2.52. The Hall–Kier alpha value is 0.620. The van der Waals surface area contributed by atoms with Crippen molar-refractivity contribution in [1.29, 1.82) is 0 Å². The molecule has 2 unspecified atom stereocenters. The fourth-order valence-corrected chi connectivity index (χ4v) is 5.43. The molecule has 0 spiro atoms. The summed E-state index contributed by atoms with van der Waals surface area (Å²) in [6.45, 7) is 0. The van der Waals surface area contributed by atoms with Crippen LogP contribution in [0.3, 0.4) is 0 Å². The van der Waals surface area contributed by atoms with Crippen LogP contribution in [-0.2, 0) is 0 Å². The maximum atomic E-state index is 4.65. The standard InChI is InChI=1S/C10H10S4/c11-6-3-13-8-2-1-5(6)9-7(12)4-14-10(8)9/h1-2,6-7,11-12H,3-4H2. The van der Waals surface area contributed by atoms with E-state index in [4.69, 9.17) is 0 Å². The summed E-state index contributed by atoms with van der Waals surface area (Å²) in [7, 11) is 0. The number of hydrogen-bond donors (Lipinski definition) is 2. The van der Waals surface area contributed by atoms with Gasteiger partial charge in [-0.3, -0.25) is 0 Å². The van der Waals surface area contributed by atoms with E-state index < -0.39 is 0 Å². The SMILES string of the molecule is SC1CSc2ccc1c1c2SCC1S. The van der Waals surface area contributed by atoms with E-state index in [1.165, 1.54) is 20.9 Å². The van der Waals surface area contributed by atoms with Crippen molar-refractivity contribution in [3.8, 4) is 0 Å². The monoisotopic (exact) mass is 258 g/mol. The third-order valence-corrected chi connectivity index (χ3v) is 6.57. The van der Waals surface area contributed by atoms with Crippen LogP contribution in [0.25, 0.3) is 0 Å². The molecule has 2 bridgehead atoms. The molecule has 4 rings (SSSR count). The Kier molecular flexibility index (Phi) is 2.51. The molecule has 3 aliphatic rings. The van der Waals surface area contributed by atoms with E-state index in [9.17, 15) is 0 Å². The normalized spacial score (nSPS) is 29.0. The fourth-order valence-electron chi connectivity index (χ4n) is 2.00. The third-order valence-electron chi connectivity index (χ3n) is 2.67. The molecule has 0 aliphatic carbocycles. The second-order valence-electron chi connectivity index (χ2n) is 3.55. The van der Waals surface area contributed by atoms with E-state index in [1.54, 1.807) is 0 Å². The summed E-state index contributed by atoms with van der Waals surface area (Å²) in [5.41, 5.74) is 2.86. The molecule has 1 aromatic rings. The number of fused-ring (bicyclic) bond motifs is 3. The van der Waals surface area contributed by atoms with Crippen LogP contribution in [0, 0.1) is 0 Å². The zero-order chi connectivity index (χ0) is 9.71. The lowest BCUT2D eigenvalue weighted by Gasteiger charge is -2.12. The first kappa shape index (κ1) is 9.82. The lowest BCUT2D eigenvalue weighted by Crippen LogP contribution is -1.97. The Balaban J connectivity index is 2.27. The Morgan fingerprint density at radius 2 is 1.86 bits per heavy atom. The maximum Gasteiger partial charge on any atom is 0.0375 e. The smallest absolute Gasteiger partial charge is 0.0375 e. The fraction of sp³-hybridized carbons (Fsp3) is 0.400. The summed E-state index contributed by atoms with van der Waals surface area (Å²) >= 11 is 13.2. The predicted molar refractivity (Wildman–Crippen MR) is 71.3 cm³/mol. The molecule has 0 aromatic heterocycles. The molecule has 0 saturated carbocycles. The van der Waals surface area contributed by atoms with Crippen molar-refractivity contribution in [1.82, 2.24) is 0 Å². The number of rotatable bonds is 0. The van der Waals surface area contributed by atoms with Crippen molar-refractivity contribution < 1.29 is 0 Å². The van der Waals surface area contributed by atoms with E-state index in [0.717, 1.165) is 11.5 Å². The highest BCUT2D eigenvalue weighted by molar-refractivity contribution is 8.03. The van der Waals surface area contributed by atoms with Crippen LogP contribution in [0.15, 0.2) is 21.9 Å². The summed E-state index contributed by atoms with van der Waals surface area (Å²) < 4.78 is 0. The second kappa shape index (κ2) is 3.58. The van der Waals surface area contributed by atoms with Gasteiger partial charge in [-0.1, -0.05) is 6.07 Å². The average Bonchev–Trinajstić information content (AvgIpc) is 2.41. The van der Waals surface area contributed by atoms with Gasteiger partial charge in [0.1, 0.15) is 0 Å². The number of thioether (sulfide) groups is 2. The third kappa shape index (κ3) is 1.34. The van der Waals surface area contributed by atoms with Gasteiger partial charge >= 0.3 is 0 Å². The molecule has 0 radical (unpaired) electrons. The van der Waals surface area contributed by atoms with Crippen LogP contribution in [0.1, 0.15) is 21.6 Å². The molecule has 0 saturated heterocycles. The van der Waals surface area contributed by atoms with Crippen LogP contribution < -0.4 is 0 Å². The van der Waals surface area contributed by atoms with Gasteiger partial charge < -0.3 is 0 Å². The lowest BCUT2D eigenvalue weighted by atomic mass is 10.0. The Labute approximate surface area is 103 Å². The van der Waals surface area contributed by atoms with Crippen molar-refractivity contribution in [2.75, 3.05) is 11.5 Å². The van der Waals surface area contributed by atoms with Crippen LogP contribution in [0.2, 0.25) is 0 Å². The molecule has 1 aromatic carbocycles. The Morgan fingerprint density at radius 3 is 2.71 bits per heavy atom. The van der Waals surface area contributed by atoms with Crippen LogP contribution in [0.5, 0.6) is 0 Å². The van der Waals surface area contributed by atoms with Gasteiger partial charge in [-0.2, -0.15) is 25.3 Å². The number of benzene rings is 1. The molecule has 0 N–H and O–H groups in total. The lowest BCUT2D eigenvalue weighted by molar-refractivity contribution is 1.01. The van der Waals surface area contributed by atoms with Gasteiger partial charge in [-0.25, -0.2) is 0 Å². The molecule has 74 valence electrons. The van der Waals surface area contributed by atoms with Gasteiger partial charge in [0.15, 0.2) is 0 Å². The summed E-state index contributed by atoms with van der Waals surface area (Å²) in [5.74, 6) is 2.21. The largest absolute Gasteiger partial charge is 0.170 e. The molecule has 0 fully saturated rings. The van der Waals surface area contributed by atoms with E-state index in [0.29, 0.717) is 10.5 Å². The van der Waals surface area contributed by atoms with Crippen LogP contribution >= 0.6 is 48.8 Å². The molecular weight excluding hydrogens is 248 g/mol. The minimum Gasteiger partial charge on any atom is -0.170 e.